The molecule has 0 radical (unpaired) electrons. The van der Waals surface area contributed by atoms with Gasteiger partial charge in [-0.05, 0) is 20.3 Å². The summed E-state index contributed by atoms with van der Waals surface area (Å²) in [7, 11) is 0. The summed E-state index contributed by atoms with van der Waals surface area (Å²) in [5, 5.41) is 8.50. The molecular formula is C11H20N2O3. The summed E-state index contributed by atoms with van der Waals surface area (Å²) in [6, 6.07) is -0.722. The van der Waals surface area contributed by atoms with Gasteiger partial charge in [-0.15, -0.1) is 6.58 Å². The van der Waals surface area contributed by atoms with Crippen molar-refractivity contribution >= 4 is 11.9 Å². The quantitative estimate of drug-likeness (QED) is 0.625. The predicted molar refractivity (Wildman–Crippen MR) is 61.9 cm³/mol. The Bertz CT molecular complexity index is 264. The number of aliphatic carboxylic acids is 1. The van der Waals surface area contributed by atoms with Gasteiger partial charge in [0.15, 0.2) is 0 Å². The summed E-state index contributed by atoms with van der Waals surface area (Å²) in [4.78, 5) is 23.8. The molecule has 5 heteroatoms. The minimum atomic E-state index is -0.942. The van der Waals surface area contributed by atoms with Crippen LogP contribution in [-0.4, -0.2) is 40.5 Å². The van der Waals surface area contributed by atoms with E-state index in [1.807, 2.05) is 13.8 Å². The van der Waals surface area contributed by atoms with Crippen LogP contribution in [0, 0.1) is 0 Å². The van der Waals surface area contributed by atoms with Gasteiger partial charge in [0.25, 0.3) is 0 Å². The van der Waals surface area contributed by atoms with E-state index in [4.69, 9.17) is 10.8 Å². The van der Waals surface area contributed by atoms with Crippen LogP contribution in [0.3, 0.4) is 0 Å². The highest BCUT2D eigenvalue weighted by Gasteiger charge is 2.22. The summed E-state index contributed by atoms with van der Waals surface area (Å²) < 4.78 is 0. The van der Waals surface area contributed by atoms with Crippen LogP contribution in [0.25, 0.3) is 0 Å². The second-order valence-electron chi connectivity index (χ2n) is 3.91. The minimum absolute atomic E-state index is 0.0291. The molecule has 1 amide bonds. The first-order chi connectivity index (χ1) is 7.40. The molecule has 0 saturated heterocycles. The molecule has 0 aliphatic carbocycles. The predicted octanol–water partition coefficient (Wildman–Crippen LogP) is 0.601. The smallest absolute Gasteiger partial charge is 0.303 e. The lowest BCUT2D eigenvalue weighted by Crippen LogP contribution is -2.47. The monoisotopic (exact) mass is 228 g/mol. The number of carboxylic acid groups (broad SMARTS) is 1. The molecular weight excluding hydrogens is 208 g/mol. The average Bonchev–Trinajstić information content (AvgIpc) is 2.20. The van der Waals surface area contributed by atoms with Gasteiger partial charge < -0.3 is 15.7 Å². The standard InChI is InChI=1S/C11H20N2O3/c1-4-7-13(8(2)3)11(16)9(12)5-6-10(14)15/h4,8-9H,1,5-7,12H2,2-3H3,(H,14,15). The van der Waals surface area contributed by atoms with Gasteiger partial charge in [0.1, 0.15) is 0 Å². The number of rotatable bonds is 7. The van der Waals surface area contributed by atoms with Crippen molar-refractivity contribution in [3.63, 3.8) is 0 Å². The SMILES string of the molecule is C=CCN(C(=O)C(N)CCC(=O)O)C(C)C. The zero-order chi connectivity index (χ0) is 12.7. The van der Waals surface area contributed by atoms with Gasteiger partial charge in [0, 0.05) is 19.0 Å². The molecule has 0 aliphatic heterocycles. The number of carbonyl (C=O) groups is 2. The van der Waals surface area contributed by atoms with E-state index in [-0.39, 0.29) is 24.8 Å². The molecule has 0 heterocycles. The molecule has 3 N–H and O–H groups in total. The Labute approximate surface area is 95.9 Å². The Kier molecular flexibility index (Phi) is 6.41. The van der Waals surface area contributed by atoms with Crippen molar-refractivity contribution in [1.29, 1.82) is 0 Å². The summed E-state index contributed by atoms with van der Waals surface area (Å²) in [6.07, 6.45) is 1.70. The Hall–Kier alpha value is -1.36. The van der Waals surface area contributed by atoms with Crippen LogP contribution in [0.2, 0.25) is 0 Å². The van der Waals surface area contributed by atoms with E-state index in [2.05, 4.69) is 6.58 Å². The minimum Gasteiger partial charge on any atom is -0.481 e. The van der Waals surface area contributed by atoms with Gasteiger partial charge in [0.05, 0.1) is 6.04 Å². The zero-order valence-corrected chi connectivity index (χ0v) is 9.85. The molecule has 0 rings (SSSR count). The first-order valence-corrected chi connectivity index (χ1v) is 5.28. The van der Waals surface area contributed by atoms with Crippen LogP contribution in [0.5, 0.6) is 0 Å². The molecule has 1 atom stereocenters. The largest absolute Gasteiger partial charge is 0.481 e. The number of nitrogens with zero attached hydrogens (tertiary/aromatic N) is 1. The number of hydrogen-bond donors (Lipinski definition) is 2. The topological polar surface area (TPSA) is 83.6 Å². The van der Waals surface area contributed by atoms with Crippen molar-refractivity contribution in [2.75, 3.05) is 6.54 Å². The highest BCUT2D eigenvalue weighted by atomic mass is 16.4. The van der Waals surface area contributed by atoms with Crippen LogP contribution >= 0.6 is 0 Å². The van der Waals surface area contributed by atoms with E-state index < -0.39 is 12.0 Å². The van der Waals surface area contributed by atoms with E-state index >= 15 is 0 Å². The first-order valence-electron chi connectivity index (χ1n) is 5.28. The van der Waals surface area contributed by atoms with E-state index in [1.165, 1.54) is 0 Å². The number of nitrogens with two attached hydrogens (primary N) is 1. The van der Waals surface area contributed by atoms with Crippen LogP contribution in [-0.2, 0) is 9.59 Å². The first kappa shape index (κ1) is 14.6. The van der Waals surface area contributed by atoms with Crippen molar-refractivity contribution in [1.82, 2.24) is 4.90 Å². The molecule has 16 heavy (non-hydrogen) atoms. The molecule has 0 bridgehead atoms. The fourth-order valence-electron chi connectivity index (χ4n) is 1.31. The van der Waals surface area contributed by atoms with Gasteiger partial charge in [-0.3, -0.25) is 9.59 Å². The van der Waals surface area contributed by atoms with Crippen molar-refractivity contribution < 1.29 is 14.7 Å². The van der Waals surface area contributed by atoms with E-state index in [0.717, 1.165) is 0 Å². The molecule has 0 saturated carbocycles. The molecule has 0 aromatic rings. The van der Waals surface area contributed by atoms with Crippen molar-refractivity contribution in [2.45, 2.75) is 38.8 Å². The summed E-state index contributed by atoms with van der Waals surface area (Å²) >= 11 is 0. The van der Waals surface area contributed by atoms with E-state index in [0.29, 0.717) is 6.54 Å². The van der Waals surface area contributed by atoms with E-state index in [1.54, 1.807) is 11.0 Å². The third kappa shape index (κ3) is 4.93. The normalized spacial score (nSPS) is 12.2. The molecule has 0 fully saturated rings. The summed E-state index contributed by atoms with van der Waals surface area (Å²) in [5.74, 6) is -1.17. The fraction of sp³-hybridized carbons (Fsp3) is 0.636. The second kappa shape index (κ2) is 7.00. The van der Waals surface area contributed by atoms with Crippen molar-refractivity contribution in [2.24, 2.45) is 5.73 Å². The maximum atomic E-state index is 11.8. The molecule has 0 aliphatic rings. The Morgan fingerprint density at radius 1 is 1.50 bits per heavy atom. The van der Waals surface area contributed by atoms with Crippen LogP contribution in [0.15, 0.2) is 12.7 Å². The van der Waals surface area contributed by atoms with Crippen molar-refractivity contribution in [3.05, 3.63) is 12.7 Å². The van der Waals surface area contributed by atoms with Gasteiger partial charge >= 0.3 is 5.97 Å². The number of carboxylic acids is 1. The van der Waals surface area contributed by atoms with Crippen LogP contribution < -0.4 is 5.73 Å². The Morgan fingerprint density at radius 3 is 2.44 bits per heavy atom. The summed E-state index contributed by atoms with van der Waals surface area (Å²) in [6.45, 7) is 7.76. The molecule has 1 unspecified atom stereocenters. The average molecular weight is 228 g/mol. The zero-order valence-electron chi connectivity index (χ0n) is 9.85. The molecule has 0 spiro atoms. The summed E-state index contributed by atoms with van der Waals surface area (Å²) in [5.41, 5.74) is 5.65. The lowest BCUT2D eigenvalue weighted by molar-refractivity contribution is -0.137. The molecule has 0 aromatic heterocycles. The van der Waals surface area contributed by atoms with Crippen LogP contribution in [0.1, 0.15) is 26.7 Å². The fourth-order valence-corrected chi connectivity index (χ4v) is 1.31. The Balaban J connectivity index is 4.36. The van der Waals surface area contributed by atoms with Crippen LogP contribution in [0.4, 0.5) is 0 Å². The number of carbonyl (C=O) groups excluding carboxylic acids is 1. The van der Waals surface area contributed by atoms with Crippen molar-refractivity contribution in [3.8, 4) is 0 Å². The number of amides is 1. The maximum Gasteiger partial charge on any atom is 0.303 e. The lowest BCUT2D eigenvalue weighted by Gasteiger charge is -2.28. The number of hydrogen-bond acceptors (Lipinski definition) is 3. The Morgan fingerprint density at radius 2 is 2.06 bits per heavy atom. The highest BCUT2D eigenvalue weighted by molar-refractivity contribution is 5.82. The van der Waals surface area contributed by atoms with Gasteiger partial charge in [-0.2, -0.15) is 0 Å². The third-order valence-electron chi connectivity index (χ3n) is 2.22. The highest BCUT2D eigenvalue weighted by Crippen LogP contribution is 2.05. The molecule has 0 aromatic carbocycles. The van der Waals surface area contributed by atoms with E-state index in [9.17, 15) is 9.59 Å². The van der Waals surface area contributed by atoms with Gasteiger partial charge in [-0.25, -0.2) is 0 Å². The lowest BCUT2D eigenvalue weighted by atomic mass is 10.1. The third-order valence-corrected chi connectivity index (χ3v) is 2.22. The van der Waals surface area contributed by atoms with Gasteiger partial charge in [-0.1, -0.05) is 6.08 Å². The molecule has 92 valence electrons. The second-order valence-corrected chi connectivity index (χ2v) is 3.91. The van der Waals surface area contributed by atoms with Gasteiger partial charge in [0.2, 0.25) is 5.91 Å². The molecule has 5 nitrogen and oxygen atoms in total. The maximum absolute atomic E-state index is 11.8.